The standard InChI is InChI=1S/C29H41N3O4/c1-10-17-32(27(34)22(6)30-28(35)36-29(7,8)9)25(23-18(2)13-11-14-19(23)3)26(33)31-24-20(4)15-12-16-21(24)5/h11-16,22,25H,10,17H2,1-9H3,(H,30,35)(H,31,33). The molecule has 2 aromatic rings. The summed E-state index contributed by atoms with van der Waals surface area (Å²) in [7, 11) is 0. The van der Waals surface area contributed by atoms with Crippen LogP contribution in [0.3, 0.4) is 0 Å². The molecule has 0 aliphatic carbocycles. The van der Waals surface area contributed by atoms with Crippen molar-refractivity contribution in [1.82, 2.24) is 10.2 Å². The molecule has 2 N–H and O–H groups in total. The highest BCUT2D eigenvalue weighted by Gasteiger charge is 2.36. The lowest BCUT2D eigenvalue weighted by molar-refractivity contribution is -0.140. The van der Waals surface area contributed by atoms with Crippen LogP contribution in [0.1, 0.15) is 74.9 Å². The molecule has 0 spiro atoms. The molecule has 0 bridgehead atoms. The maximum Gasteiger partial charge on any atom is 0.408 e. The fourth-order valence-electron chi connectivity index (χ4n) is 4.29. The van der Waals surface area contributed by atoms with Gasteiger partial charge >= 0.3 is 6.09 Å². The molecular formula is C29H41N3O4. The van der Waals surface area contributed by atoms with E-state index in [1.807, 2.05) is 71.0 Å². The number of carbonyl (C=O) groups is 3. The largest absolute Gasteiger partial charge is 0.444 e. The van der Waals surface area contributed by atoms with Gasteiger partial charge in [-0.1, -0.05) is 43.3 Å². The van der Waals surface area contributed by atoms with Gasteiger partial charge in [-0.3, -0.25) is 9.59 Å². The zero-order valence-electron chi connectivity index (χ0n) is 23.1. The van der Waals surface area contributed by atoms with Crippen molar-refractivity contribution in [2.24, 2.45) is 0 Å². The first-order valence-electron chi connectivity index (χ1n) is 12.5. The number of aryl methyl sites for hydroxylation is 4. The molecule has 196 valence electrons. The minimum atomic E-state index is -0.883. The summed E-state index contributed by atoms with van der Waals surface area (Å²) in [5, 5.41) is 5.72. The van der Waals surface area contributed by atoms with E-state index in [9.17, 15) is 14.4 Å². The third-order valence-corrected chi connectivity index (χ3v) is 5.96. The Hall–Kier alpha value is -3.35. The summed E-state index contributed by atoms with van der Waals surface area (Å²) < 4.78 is 5.33. The molecule has 0 radical (unpaired) electrons. The molecule has 3 amide bonds. The van der Waals surface area contributed by atoms with Gasteiger partial charge < -0.3 is 20.3 Å². The molecule has 36 heavy (non-hydrogen) atoms. The van der Waals surface area contributed by atoms with Crippen molar-refractivity contribution in [2.75, 3.05) is 11.9 Å². The Morgan fingerprint density at radius 2 is 1.42 bits per heavy atom. The number of benzene rings is 2. The summed E-state index contributed by atoms with van der Waals surface area (Å²) in [6.07, 6.45) is -0.0355. The number of nitrogens with zero attached hydrogens (tertiary/aromatic N) is 1. The molecule has 7 heteroatoms. The highest BCUT2D eigenvalue weighted by Crippen LogP contribution is 2.31. The van der Waals surface area contributed by atoms with E-state index in [0.29, 0.717) is 13.0 Å². The fourth-order valence-corrected chi connectivity index (χ4v) is 4.29. The van der Waals surface area contributed by atoms with Crippen molar-refractivity contribution in [2.45, 2.75) is 86.4 Å². The summed E-state index contributed by atoms with van der Waals surface area (Å²) in [6.45, 7) is 17.0. The molecule has 2 rings (SSSR count). The average Bonchev–Trinajstić information content (AvgIpc) is 2.75. The second-order valence-electron chi connectivity index (χ2n) is 10.4. The summed E-state index contributed by atoms with van der Waals surface area (Å²) in [4.78, 5) is 41.6. The Balaban J connectivity index is 2.51. The van der Waals surface area contributed by atoms with Crippen molar-refractivity contribution in [1.29, 1.82) is 0 Å². The fraction of sp³-hybridized carbons (Fsp3) is 0.483. The number of hydrogen-bond donors (Lipinski definition) is 2. The number of nitrogens with one attached hydrogen (secondary N) is 2. The topological polar surface area (TPSA) is 87.7 Å². The van der Waals surface area contributed by atoms with Crippen LogP contribution in [0.2, 0.25) is 0 Å². The van der Waals surface area contributed by atoms with Gasteiger partial charge in [0.2, 0.25) is 5.91 Å². The number of para-hydroxylation sites is 1. The smallest absolute Gasteiger partial charge is 0.408 e. The maximum atomic E-state index is 14.0. The number of carbonyl (C=O) groups excluding carboxylic acids is 3. The summed E-state index contributed by atoms with van der Waals surface area (Å²) >= 11 is 0. The van der Waals surface area contributed by atoms with Gasteiger partial charge in [-0.2, -0.15) is 0 Å². The van der Waals surface area contributed by atoms with Gasteiger partial charge in [0.25, 0.3) is 5.91 Å². The number of hydrogen-bond acceptors (Lipinski definition) is 4. The molecule has 0 aliphatic heterocycles. The zero-order valence-corrected chi connectivity index (χ0v) is 23.1. The number of amides is 3. The van der Waals surface area contributed by atoms with E-state index in [1.54, 1.807) is 32.6 Å². The number of ether oxygens (including phenoxy) is 1. The second-order valence-corrected chi connectivity index (χ2v) is 10.4. The third kappa shape index (κ3) is 7.33. The van der Waals surface area contributed by atoms with E-state index in [0.717, 1.165) is 33.5 Å². The molecule has 0 fully saturated rings. The quantitative estimate of drug-likeness (QED) is 0.488. The highest BCUT2D eigenvalue weighted by molar-refractivity contribution is 6.00. The monoisotopic (exact) mass is 495 g/mol. The first-order valence-corrected chi connectivity index (χ1v) is 12.5. The van der Waals surface area contributed by atoms with Crippen LogP contribution in [-0.2, 0) is 14.3 Å². The molecule has 2 aromatic carbocycles. The highest BCUT2D eigenvalue weighted by atomic mass is 16.6. The Morgan fingerprint density at radius 1 is 0.917 bits per heavy atom. The SMILES string of the molecule is CCCN(C(=O)C(C)NC(=O)OC(C)(C)C)C(C(=O)Nc1c(C)cccc1C)c1c(C)cccc1C. The van der Waals surface area contributed by atoms with E-state index >= 15 is 0 Å². The van der Waals surface area contributed by atoms with Crippen LogP contribution in [0.25, 0.3) is 0 Å². The Labute approximate surface area is 215 Å². The molecule has 2 unspecified atom stereocenters. The lowest BCUT2D eigenvalue weighted by Gasteiger charge is -2.35. The second kappa shape index (κ2) is 12.1. The van der Waals surface area contributed by atoms with Gasteiger partial charge in [-0.05, 0) is 89.6 Å². The average molecular weight is 496 g/mol. The predicted octanol–water partition coefficient (Wildman–Crippen LogP) is 5.75. The molecule has 0 aliphatic rings. The van der Waals surface area contributed by atoms with E-state index in [2.05, 4.69) is 10.6 Å². The molecule has 0 heterocycles. The molecule has 2 atom stereocenters. The van der Waals surface area contributed by atoms with Crippen molar-refractivity contribution in [3.05, 3.63) is 64.2 Å². The molecular weight excluding hydrogens is 454 g/mol. The minimum absolute atomic E-state index is 0.295. The normalized spacial score (nSPS) is 12.9. The summed E-state index contributed by atoms with van der Waals surface area (Å²) in [5.74, 6) is -0.650. The molecule has 0 aromatic heterocycles. The number of rotatable bonds is 8. The van der Waals surface area contributed by atoms with Crippen LogP contribution in [0, 0.1) is 27.7 Å². The Morgan fingerprint density at radius 3 is 1.89 bits per heavy atom. The number of alkyl carbamates (subject to hydrolysis) is 1. The van der Waals surface area contributed by atoms with Gasteiger partial charge in [0.1, 0.15) is 17.7 Å². The van der Waals surface area contributed by atoms with E-state index < -0.39 is 23.8 Å². The summed E-state index contributed by atoms with van der Waals surface area (Å²) in [6, 6.07) is 9.90. The maximum absolute atomic E-state index is 14.0. The first-order chi connectivity index (χ1) is 16.8. The summed E-state index contributed by atoms with van der Waals surface area (Å²) in [5.41, 5.74) is 4.54. The Kier molecular flexibility index (Phi) is 9.68. The van der Waals surface area contributed by atoms with Crippen LogP contribution in [0.4, 0.5) is 10.5 Å². The van der Waals surface area contributed by atoms with Gasteiger partial charge in [0, 0.05) is 12.2 Å². The third-order valence-electron chi connectivity index (χ3n) is 5.96. The van der Waals surface area contributed by atoms with E-state index in [4.69, 9.17) is 4.74 Å². The van der Waals surface area contributed by atoms with Gasteiger partial charge in [0.05, 0.1) is 0 Å². The molecule has 0 saturated heterocycles. The molecule has 0 saturated carbocycles. The minimum Gasteiger partial charge on any atom is -0.444 e. The molecule has 7 nitrogen and oxygen atoms in total. The van der Waals surface area contributed by atoms with Crippen molar-refractivity contribution >= 4 is 23.6 Å². The van der Waals surface area contributed by atoms with Gasteiger partial charge in [-0.15, -0.1) is 0 Å². The van der Waals surface area contributed by atoms with Gasteiger partial charge in [0.15, 0.2) is 0 Å². The van der Waals surface area contributed by atoms with Crippen LogP contribution in [0.15, 0.2) is 36.4 Å². The lowest BCUT2D eigenvalue weighted by atomic mass is 9.93. The van der Waals surface area contributed by atoms with Crippen molar-refractivity contribution < 1.29 is 19.1 Å². The van der Waals surface area contributed by atoms with Crippen LogP contribution < -0.4 is 10.6 Å². The van der Waals surface area contributed by atoms with E-state index in [-0.39, 0.29) is 11.8 Å². The van der Waals surface area contributed by atoms with Crippen LogP contribution in [0.5, 0.6) is 0 Å². The predicted molar refractivity (Wildman–Crippen MR) is 144 cm³/mol. The van der Waals surface area contributed by atoms with Crippen molar-refractivity contribution in [3.63, 3.8) is 0 Å². The van der Waals surface area contributed by atoms with Gasteiger partial charge in [-0.25, -0.2) is 4.79 Å². The van der Waals surface area contributed by atoms with Crippen LogP contribution in [-0.4, -0.2) is 41.0 Å². The van der Waals surface area contributed by atoms with E-state index in [1.165, 1.54) is 0 Å². The first kappa shape index (κ1) is 28.9. The lowest BCUT2D eigenvalue weighted by Crippen LogP contribution is -2.51. The van der Waals surface area contributed by atoms with Crippen molar-refractivity contribution in [3.8, 4) is 0 Å². The Bertz CT molecular complexity index is 1060. The zero-order chi connectivity index (χ0) is 27.2. The van der Waals surface area contributed by atoms with Crippen LogP contribution >= 0.6 is 0 Å². The number of anilines is 1.